The number of fused-ring (bicyclic) bond motifs is 2. The Morgan fingerprint density at radius 3 is 3.08 bits per heavy atom. The predicted molar refractivity (Wildman–Crippen MR) is 91.0 cm³/mol. The molecule has 3 heterocycles. The van der Waals surface area contributed by atoms with E-state index in [0.717, 1.165) is 5.56 Å². The lowest BCUT2D eigenvalue weighted by Crippen LogP contribution is -2.46. The number of ether oxygens (including phenoxy) is 1. The lowest BCUT2D eigenvalue weighted by molar-refractivity contribution is -0.148. The van der Waals surface area contributed by atoms with Crippen LogP contribution < -0.4 is 5.56 Å². The van der Waals surface area contributed by atoms with Crippen LogP contribution in [0.1, 0.15) is 16.8 Å². The van der Waals surface area contributed by atoms with Gasteiger partial charge in [-0.1, -0.05) is 12.1 Å². The van der Waals surface area contributed by atoms with Gasteiger partial charge in [-0.25, -0.2) is 13.9 Å². The number of H-pyrrole nitrogens is 1. The number of benzene rings is 1. The fourth-order valence-corrected chi connectivity index (χ4v) is 3.43. The van der Waals surface area contributed by atoms with Crippen LogP contribution in [0.15, 0.2) is 41.3 Å². The zero-order valence-electron chi connectivity index (χ0n) is 14.1. The fourth-order valence-electron chi connectivity index (χ4n) is 3.43. The largest absolute Gasteiger partial charge is 0.468 e. The molecular weight excluding hydrogens is 339 g/mol. The maximum absolute atomic E-state index is 14.1. The fraction of sp³-hybridized carbons (Fsp3) is 0.278. The molecule has 8 heteroatoms. The lowest BCUT2D eigenvalue weighted by Gasteiger charge is -2.34. The Labute approximate surface area is 148 Å². The number of nitrogens with one attached hydrogen (secondary N) is 1. The standard InChI is InChI=1S/C18H17FN4O3/c1-26-18(25)15-8-13-11(3-2-4-14(13)19)9-22(15)10-12-7-17(24)23-16(21-12)5-6-20-23/h2-7,15,20H,8-10H2,1H3. The molecule has 0 bridgehead atoms. The van der Waals surface area contributed by atoms with Crippen molar-refractivity contribution in [2.45, 2.75) is 25.6 Å². The monoisotopic (exact) mass is 356 g/mol. The molecule has 0 fully saturated rings. The summed E-state index contributed by atoms with van der Waals surface area (Å²) < 4.78 is 20.4. The topological polar surface area (TPSA) is 79.7 Å². The summed E-state index contributed by atoms with van der Waals surface area (Å²) in [6, 6.07) is 7.39. The molecule has 0 radical (unpaired) electrons. The Balaban J connectivity index is 1.70. The van der Waals surface area contributed by atoms with E-state index >= 15 is 0 Å². The van der Waals surface area contributed by atoms with Crippen molar-refractivity contribution in [2.24, 2.45) is 0 Å². The van der Waals surface area contributed by atoms with Crippen LogP contribution in [0, 0.1) is 5.82 Å². The van der Waals surface area contributed by atoms with Gasteiger partial charge in [-0.3, -0.25) is 19.6 Å². The summed E-state index contributed by atoms with van der Waals surface area (Å²) in [5.74, 6) is -0.750. The highest BCUT2D eigenvalue weighted by atomic mass is 19.1. The van der Waals surface area contributed by atoms with Gasteiger partial charge >= 0.3 is 5.97 Å². The zero-order valence-corrected chi connectivity index (χ0v) is 14.1. The highest BCUT2D eigenvalue weighted by Crippen LogP contribution is 2.27. The van der Waals surface area contributed by atoms with Gasteiger partial charge in [0.2, 0.25) is 0 Å². The second-order valence-corrected chi connectivity index (χ2v) is 6.27. The van der Waals surface area contributed by atoms with E-state index in [0.29, 0.717) is 23.4 Å². The first-order valence-electron chi connectivity index (χ1n) is 8.21. The summed E-state index contributed by atoms with van der Waals surface area (Å²) in [6.45, 7) is 0.660. The maximum atomic E-state index is 14.1. The van der Waals surface area contributed by atoms with Crippen LogP contribution in [0.4, 0.5) is 4.39 Å². The number of aromatic nitrogens is 3. The minimum absolute atomic E-state index is 0.222. The Hall–Kier alpha value is -3.00. The molecule has 1 aromatic carbocycles. The number of carbonyl (C=O) groups is 1. The van der Waals surface area contributed by atoms with Gasteiger partial charge < -0.3 is 4.74 Å². The van der Waals surface area contributed by atoms with E-state index in [1.54, 1.807) is 18.3 Å². The Bertz CT molecular complexity index is 1040. The molecule has 7 nitrogen and oxygen atoms in total. The van der Waals surface area contributed by atoms with Crippen LogP contribution in [0.5, 0.6) is 0 Å². The van der Waals surface area contributed by atoms with Gasteiger partial charge in [0.1, 0.15) is 11.9 Å². The van der Waals surface area contributed by atoms with Crippen LogP contribution in [0.3, 0.4) is 0 Å². The molecule has 0 amide bonds. The molecule has 0 saturated heterocycles. The van der Waals surface area contributed by atoms with Gasteiger partial charge in [0, 0.05) is 37.8 Å². The Morgan fingerprint density at radius 2 is 2.27 bits per heavy atom. The summed E-state index contributed by atoms with van der Waals surface area (Å²) in [7, 11) is 1.31. The zero-order chi connectivity index (χ0) is 18.3. The number of hydrogen-bond acceptors (Lipinski definition) is 5. The van der Waals surface area contributed by atoms with Crippen LogP contribution in [0.25, 0.3) is 5.65 Å². The van der Waals surface area contributed by atoms with Crippen molar-refractivity contribution in [3.63, 3.8) is 0 Å². The van der Waals surface area contributed by atoms with E-state index < -0.39 is 12.0 Å². The second-order valence-electron chi connectivity index (χ2n) is 6.27. The van der Waals surface area contributed by atoms with Gasteiger partial charge in [-0.15, -0.1) is 0 Å². The van der Waals surface area contributed by atoms with E-state index in [-0.39, 0.29) is 24.3 Å². The maximum Gasteiger partial charge on any atom is 0.323 e. The van der Waals surface area contributed by atoms with Crippen LogP contribution in [-0.4, -0.2) is 38.6 Å². The van der Waals surface area contributed by atoms with E-state index in [2.05, 4.69) is 10.1 Å². The number of esters is 1. The summed E-state index contributed by atoms with van der Waals surface area (Å²) in [6.07, 6.45) is 1.85. The van der Waals surface area contributed by atoms with Crippen molar-refractivity contribution >= 4 is 11.6 Å². The highest BCUT2D eigenvalue weighted by Gasteiger charge is 2.34. The van der Waals surface area contributed by atoms with Gasteiger partial charge in [-0.05, 0) is 17.2 Å². The molecule has 4 rings (SSSR count). The van der Waals surface area contributed by atoms with Crippen molar-refractivity contribution < 1.29 is 13.9 Å². The number of methoxy groups -OCH3 is 1. The minimum Gasteiger partial charge on any atom is -0.468 e. The minimum atomic E-state index is -0.629. The molecule has 1 aliphatic rings. The molecule has 1 unspecified atom stereocenters. The summed E-state index contributed by atoms with van der Waals surface area (Å²) >= 11 is 0. The van der Waals surface area contributed by atoms with Crippen molar-refractivity contribution in [1.82, 2.24) is 19.5 Å². The number of aromatic amines is 1. The van der Waals surface area contributed by atoms with Crippen molar-refractivity contribution in [1.29, 1.82) is 0 Å². The third-order valence-electron chi connectivity index (χ3n) is 4.70. The molecule has 0 saturated carbocycles. The first-order valence-corrected chi connectivity index (χ1v) is 8.21. The van der Waals surface area contributed by atoms with Crippen LogP contribution >= 0.6 is 0 Å². The van der Waals surface area contributed by atoms with E-state index in [9.17, 15) is 14.0 Å². The molecule has 26 heavy (non-hydrogen) atoms. The predicted octanol–water partition coefficient (Wildman–Crippen LogP) is 1.26. The average molecular weight is 356 g/mol. The normalized spacial score (nSPS) is 17.2. The molecule has 0 spiro atoms. The van der Waals surface area contributed by atoms with Gasteiger partial charge in [0.15, 0.2) is 5.65 Å². The summed E-state index contributed by atoms with van der Waals surface area (Å²) in [5.41, 5.74) is 2.18. The SMILES string of the molecule is COC(=O)C1Cc2c(F)cccc2CN1Cc1cc(=O)n2[nH]ccc2n1. The number of rotatable bonds is 3. The smallest absolute Gasteiger partial charge is 0.323 e. The molecule has 134 valence electrons. The number of halogens is 1. The quantitative estimate of drug-likeness (QED) is 0.715. The van der Waals surface area contributed by atoms with Crippen molar-refractivity contribution in [3.8, 4) is 0 Å². The average Bonchev–Trinajstić information content (AvgIpc) is 3.10. The third-order valence-corrected chi connectivity index (χ3v) is 4.70. The van der Waals surface area contributed by atoms with Gasteiger partial charge in [0.25, 0.3) is 5.56 Å². The molecular formula is C18H17FN4O3. The highest BCUT2D eigenvalue weighted by molar-refractivity contribution is 5.76. The number of hydrogen-bond donors (Lipinski definition) is 1. The first kappa shape index (κ1) is 16.5. The van der Waals surface area contributed by atoms with Gasteiger partial charge in [0.05, 0.1) is 12.8 Å². The Kier molecular flexibility index (Phi) is 4.04. The van der Waals surface area contributed by atoms with Crippen LogP contribution in [-0.2, 0) is 29.0 Å². The summed E-state index contributed by atoms with van der Waals surface area (Å²) in [5, 5.41) is 2.79. The van der Waals surface area contributed by atoms with E-state index in [1.807, 2.05) is 11.0 Å². The third kappa shape index (κ3) is 2.78. The van der Waals surface area contributed by atoms with Gasteiger partial charge in [-0.2, -0.15) is 0 Å². The lowest BCUT2D eigenvalue weighted by atomic mass is 9.93. The van der Waals surface area contributed by atoms with Crippen molar-refractivity contribution in [2.75, 3.05) is 7.11 Å². The molecule has 1 N–H and O–H groups in total. The van der Waals surface area contributed by atoms with E-state index in [4.69, 9.17) is 4.74 Å². The van der Waals surface area contributed by atoms with Crippen molar-refractivity contribution in [3.05, 3.63) is 69.5 Å². The van der Waals surface area contributed by atoms with E-state index in [1.165, 1.54) is 23.8 Å². The molecule has 1 atom stereocenters. The first-order chi connectivity index (χ1) is 12.6. The molecule has 1 aliphatic heterocycles. The summed E-state index contributed by atoms with van der Waals surface area (Å²) in [4.78, 5) is 30.7. The van der Waals surface area contributed by atoms with Crippen LogP contribution in [0.2, 0.25) is 0 Å². The second kappa shape index (κ2) is 6.38. The molecule has 0 aliphatic carbocycles. The number of nitrogens with zero attached hydrogens (tertiary/aromatic N) is 3. The number of carbonyl (C=O) groups excluding carboxylic acids is 1. The molecule has 3 aromatic rings. The molecule has 2 aromatic heterocycles. The Morgan fingerprint density at radius 1 is 1.42 bits per heavy atom.